The van der Waals surface area contributed by atoms with E-state index < -0.39 is 0 Å². The lowest BCUT2D eigenvalue weighted by Gasteiger charge is -2.10. The van der Waals surface area contributed by atoms with Crippen LogP contribution in [0.3, 0.4) is 0 Å². The Kier molecular flexibility index (Phi) is 5.72. The van der Waals surface area contributed by atoms with Crippen molar-refractivity contribution in [3.63, 3.8) is 0 Å². The topological polar surface area (TPSA) is 66.9 Å². The van der Waals surface area contributed by atoms with Crippen molar-refractivity contribution in [3.05, 3.63) is 101 Å². The highest BCUT2D eigenvalue weighted by molar-refractivity contribution is 6.31. The molecule has 30 heavy (non-hydrogen) atoms. The molecule has 0 atom stereocenters. The van der Waals surface area contributed by atoms with Gasteiger partial charge in [0.2, 0.25) is 0 Å². The van der Waals surface area contributed by atoms with Crippen molar-refractivity contribution in [2.45, 2.75) is 6.92 Å². The summed E-state index contributed by atoms with van der Waals surface area (Å²) in [6.07, 6.45) is 1.52. The molecule has 0 unspecified atom stereocenters. The normalized spacial score (nSPS) is 10.5. The van der Waals surface area contributed by atoms with Crippen LogP contribution in [0.15, 0.2) is 85.2 Å². The van der Waals surface area contributed by atoms with Gasteiger partial charge < -0.3 is 10.6 Å². The average Bonchev–Trinajstić information content (AvgIpc) is 2.77. The standard InChI is InChI=1S/C24H19ClN4O/c1-16-10-11-20(13-21(16)25)29-24(30)18-8-5-9-19(12-18)28-23-14-22(26-15-27-23)17-6-3-2-4-7-17/h2-15H,1H3,(H,29,30)(H,26,27,28). The number of amides is 1. The summed E-state index contributed by atoms with van der Waals surface area (Å²) in [6.45, 7) is 1.92. The average molecular weight is 415 g/mol. The van der Waals surface area contributed by atoms with Gasteiger partial charge in [0.25, 0.3) is 5.91 Å². The first kappa shape index (κ1) is 19.6. The summed E-state index contributed by atoms with van der Waals surface area (Å²) in [5, 5.41) is 6.72. The smallest absolute Gasteiger partial charge is 0.255 e. The molecular weight excluding hydrogens is 396 g/mol. The molecule has 148 valence electrons. The molecule has 1 aromatic heterocycles. The quantitative estimate of drug-likeness (QED) is 0.414. The van der Waals surface area contributed by atoms with E-state index in [2.05, 4.69) is 20.6 Å². The fraction of sp³-hybridized carbons (Fsp3) is 0.0417. The van der Waals surface area contributed by atoms with Crippen molar-refractivity contribution in [1.29, 1.82) is 0 Å². The van der Waals surface area contributed by atoms with Crippen LogP contribution in [0.25, 0.3) is 11.3 Å². The molecule has 0 radical (unpaired) electrons. The van der Waals surface area contributed by atoms with E-state index in [4.69, 9.17) is 11.6 Å². The number of anilines is 3. The third-order valence-electron chi connectivity index (χ3n) is 4.56. The molecule has 0 aliphatic rings. The van der Waals surface area contributed by atoms with Crippen molar-refractivity contribution in [3.8, 4) is 11.3 Å². The molecule has 0 saturated heterocycles. The summed E-state index contributed by atoms with van der Waals surface area (Å²) in [7, 11) is 0. The lowest BCUT2D eigenvalue weighted by Crippen LogP contribution is -2.12. The minimum absolute atomic E-state index is 0.216. The SMILES string of the molecule is Cc1ccc(NC(=O)c2cccc(Nc3cc(-c4ccccc4)ncn3)c2)cc1Cl. The molecule has 0 aliphatic carbocycles. The van der Waals surface area contributed by atoms with Crippen LogP contribution >= 0.6 is 11.6 Å². The molecule has 0 bridgehead atoms. The fourth-order valence-corrected chi connectivity index (χ4v) is 3.13. The zero-order valence-corrected chi connectivity index (χ0v) is 17.0. The molecule has 1 heterocycles. The number of aromatic nitrogens is 2. The van der Waals surface area contributed by atoms with Gasteiger partial charge >= 0.3 is 0 Å². The highest BCUT2D eigenvalue weighted by Crippen LogP contribution is 2.23. The van der Waals surface area contributed by atoms with E-state index in [1.165, 1.54) is 6.33 Å². The van der Waals surface area contributed by atoms with Crippen LogP contribution in [0.5, 0.6) is 0 Å². The monoisotopic (exact) mass is 414 g/mol. The van der Waals surface area contributed by atoms with Gasteiger partial charge in [-0.3, -0.25) is 4.79 Å². The molecule has 1 amide bonds. The molecule has 0 saturated carbocycles. The molecule has 3 aromatic carbocycles. The molecule has 6 heteroatoms. The van der Waals surface area contributed by atoms with Gasteiger partial charge in [-0.15, -0.1) is 0 Å². The number of benzene rings is 3. The van der Waals surface area contributed by atoms with Crippen molar-refractivity contribution >= 4 is 34.7 Å². The summed E-state index contributed by atoms with van der Waals surface area (Å²) < 4.78 is 0. The van der Waals surface area contributed by atoms with Gasteiger partial charge in [-0.05, 0) is 42.8 Å². The Labute approximate surface area is 179 Å². The largest absolute Gasteiger partial charge is 0.340 e. The second-order valence-corrected chi connectivity index (χ2v) is 7.19. The first-order chi connectivity index (χ1) is 14.6. The lowest BCUT2D eigenvalue weighted by atomic mass is 10.1. The summed E-state index contributed by atoms with van der Waals surface area (Å²) in [6, 6.07) is 24.4. The molecular formula is C24H19ClN4O. The lowest BCUT2D eigenvalue weighted by molar-refractivity contribution is 0.102. The maximum absolute atomic E-state index is 12.6. The zero-order chi connectivity index (χ0) is 20.9. The number of rotatable bonds is 5. The van der Waals surface area contributed by atoms with Crippen LogP contribution < -0.4 is 10.6 Å². The Morgan fingerprint density at radius 2 is 1.70 bits per heavy atom. The number of halogens is 1. The Morgan fingerprint density at radius 3 is 2.50 bits per heavy atom. The maximum atomic E-state index is 12.6. The van der Waals surface area contributed by atoms with Gasteiger partial charge in [0.05, 0.1) is 5.69 Å². The number of nitrogens with zero attached hydrogens (tertiary/aromatic N) is 2. The number of carbonyl (C=O) groups excluding carboxylic acids is 1. The van der Waals surface area contributed by atoms with Crippen molar-refractivity contribution in [2.75, 3.05) is 10.6 Å². The first-order valence-electron chi connectivity index (χ1n) is 9.40. The molecule has 5 nitrogen and oxygen atoms in total. The second kappa shape index (κ2) is 8.76. The van der Waals surface area contributed by atoms with E-state index in [0.29, 0.717) is 22.1 Å². The highest BCUT2D eigenvalue weighted by atomic mass is 35.5. The van der Waals surface area contributed by atoms with E-state index in [9.17, 15) is 4.79 Å². The van der Waals surface area contributed by atoms with E-state index in [1.54, 1.807) is 18.2 Å². The number of nitrogens with one attached hydrogen (secondary N) is 2. The minimum Gasteiger partial charge on any atom is -0.340 e. The van der Waals surface area contributed by atoms with Crippen molar-refractivity contribution < 1.29 is 4.79 Å². The van der Waals surface area contributed by atoms with Gasteiger partial charge in [0, 0.05) is 33.6 Å². The summed E-state index contributed by atoms with van der Waals surface area (Å²) in [5.41, 5.74) is 4.71. The van der Waals surface area contributed by atoms with Gasteiger partial charge in [0.1, 0.15) is 12.1 Å². The van der Waals surface area contributed by atoms with Crippen LogP contribution in [0.2, 0.25) is 5.02 Å². The Morgan fingerprint density at radius 1 is 0.867 bits per heavy atom. The van der Waals surface area contributed by atoms with Gasteiger partial charge in [-0.1, -0.05) is 54.1 Å². The van der Waals surface area contributed by atoms with Gasteiger partial charge in [-0.2, -0.15) is 0 Å². The van der Waals surface area contributed by atoms with Crippen molar-refractivity contribution in [1.82, 2.24) is 9.97 Å². The van der Waals surface area contributed by atoms with Crippen LogP contribution in [0, 0.1) is 6.92 Å². The van der Waals surface area contributed by atoms with E-state index >= 15 is 0 Å². The van der Waals surface area contributed by atoms with Crippen LogP contribution in [-0.4, -0.2) is 15.9 Å². The number of aryl methyl sites for hydroxylation is 1. The Hall–Kier alpha value is -3.70. The fourth-order valence-electron chi connectivity index (χ4n) is 2.95. The third-order valence-corrected chi connectivity index (χ3v) is 4.97. The minimum atomic E-state index is -0.216. The third kappa shape index (κ3) is 4.64. The van der Waals surface area contributed by atoms with Gasteiger partial charge in [-0.25, -0.2) is 9.97 Å². The summed E-state index contributed by atoms with van der Waals surface area (Å²) >= 11 is 6.14. The molecule has 2 N–H and O–H groups in total. The van der Waals surface area contributed by atoms with E-state index in [-0.39, 0.29) is 5.91 Å². The number of carbonyl (C=O) groups is 1. The predicted molar refractivity (Wildman–Crippen MR) is 121 cm³/mol. The second-order valence-electron chi connectivity index (χ2n) is 6.78. The van der Waals surface area contributed by atoms with Crippen LogP contribution in [0.4, 0.5) is 17.2 Å². The number of hydrogen-bond acceptors (Lipinski definition) is 4. The zero-order valence-electron chi connectivity index (χ0n) is 16.3. The van der Waals surface area contributed by atoms with Crippen LogP contribution in [-0.2, 0) is 0 Å². The molecule has 0 fully saturated rings. The maximum Gasteiger partial charge on any atom is 0.255 e. The first-order valence-corrected chi connectivity index (χ1v) is 9.78. The molecule has 4 aromatic rings. The van der Waals surface area contributed by atoms with Crippen molar-refractivity contribution in [2.24, 2.45) is 0 Å². The number of hydrogen-bond donors (Lipinski definition) is 2. The highest BCUT2D eigenvalue weighted by Gasteiger charge is 2.09. The molecule has 0 spiro atoms. The Balaban J connectivity index is 1.51. The summed E-state index contributed by atoms with van der Waals surface area (Å²) in [5.74, 6) is 0.429. The predicted octanol–water partition coefficient (Wildman–Crippen LogP) is 6.10. The molecule has 0 aliphatic heterocycles. The Bertz CT molecular complexity index is 1190. The molecule has 4 rings (SSSR count). The van der Waals surface area contributed by atoms with E-state index in [0.717, 1.165) is 22.5 Å². The summed E-state index contributed by atoms with van der Waals surface area (Å²) in [4.78, 5) is 21.3. The van der Waals surface area contributed by atoms with Gasteiger partial charge in [0.15, 0.2) is 0 Å². The van der Waals surface area contributed by atoms with Crippen LogP contribution in [0.1, 0.15) is 15.9 Å². The van der Waals surface area contributed by atoms with E-state index in [1.807, 2.05) is 67.6 Å².